The van der Waals surface area contributed by atoms with Gasteiger partial charge in [0, 0.05) is 55.1 Å². The van der Waals surface area contributed by atoms with Crippen LogP contribution in [0.2, 0.25) is 5.02 Å². The standard InChI is InChI=1S/C22H28ClN3OS/c23-19-8-6-18(7-9-19)22-24-20(16-28-22)15-25-10-12-26(13-11-25)21(27)14-17-4-2-1-3-5-17/h6-9,16-17H,1-5,10-15H2. The van der Waals surface area contributed by atoms with Gasteiger partial charge in [-0.05, 0) is 30.9 Å². The van der Waals surface area contributed by atoms with E-state index in [1.807, 2.05) is 24.3 Å². The number of carbonyl (C=O) groups is 1. The third kappa shape index (κ3) is 5.13. The van der Waals surface area contributed by atoms with Crippen molar-refractivity contribution in [2.24, 2.45) is 5.92 Å². The van der Waals surface area contributed by atoms with Crippen molar-refractivity contribution in [3.8, 4) is 10.6 Å². The highest BCUT2D eigenvalue weighted by atomic mass is 35.5. The van der Waals surface area contributed by atoms with Gasteiger partial charge >= 0.3 is 0 Å². The van der Waals surface area contributed by atoms with E-state index in [9.17, 15) is 4.79 Å². The van der Waals surface area contributed by atoms with E-state index in [0.29, 0.717) is 11.8 Å². The second kappa shape index (κ2) is 9.38. The van der Waals surface area contributed by atoms with Crippen molar-refractivity contribution in [2.45, 2.75) is 45.1 Å². The minimum atomic E-state index is 0.366. The van der Waals surface area contributed by atoms with Crippen molar-refractivity contribution < 1.29 is 4.79 Å². The van der Waals surface area contributed by atoms with E-state index in [2.05, 4.69) is 15.2 Å². The van der Waals surface area contributed by atoms with E-state index in [4.69, 9.17) is 16.6 Å². The van der Waals surface area contributed by atoms with Gasteiger partial charge in [-0.25, -0.2) is 4.98 Å². The highest BCUT2D eigenvalue weighted by Gasteiger charge is 2.24. The monoisotopic (exact) mass is 417 g/mol. The molecular weight excluding hydrogens is 390 g/mol. The third-order valence-electron chi connectivity index (χ3n) is 5.94. The van der Waals surface area contributed by atoms with Crippen LogP contribution in [0.4, 0.5) is 0 Å². The Kier molecular flexibility index (Phi) is 6.65. The molecule has 1 aliphatic carbocycles. The lowest BCUT2D eigenvalue weighted by atomic mass is 9.86. The van der Waals surface area contributed by atoms with Gasteiger partial charge in [-0.1, -0.05) is 43.0 Å². The molecule has 0 radical (unpaired) electrons. The Morgan fingerprint density at radius 1 is 1.07 bits per heavy atom. The first-order valence-corrected chi connectivity index (χ1v) is 11.6. The molecule has 4 rings (SSSR count). The summed E-state index contributed by atoms with van der Waals surface area (Å²) in [7, 11) is 0. The number of hydrogen-bond donors (Lipinski definition) is 0. The number of rotatable bonds is 5. The molecule has 1 saturated heterocycles. The van der Waals surface area contributed by atoms with Gasteiger partial charge in [-0.3, -0.25) is 9.69 Å². The smallest absolute Gasteiger partial charge is 0.222 e. The Hall–Kier alpha value is -1.43. The van der Waals surface area contributed by atoms with E-state index >= 15 is 0 Å². The number of benzene rings is 1. The van der Waals surface area contributed by atoms with Crippen molar-refractivity contribution >= 4 is 28.8 Å². The zero-order chi connectivity index (χ0) is 19.3. The van der Waals surface area contributed by atoms with Crippen LogP contribution >= 0.6 is 22.9 Å². The number of amides is 1. The SMILES string of the molecule is O=C(CC1CCCCC1)N1CCN(Cc2csc(-c3ccc(Cl)cc3)n2)CC1. The molecule has 1 saturated carbocycles. The summed E-state index contributed by atoms with van der Waals surface area (Å²) >= 11 is 7.65. The van der Waals surface area contributed by atoms with Crippen molar-refractivity contribution in [2.75, 3.05) is 26.2 Å². The second-order valence-corrected chi connectivity index (χ2v) is 9.31. The lowest BCUT2D eigenvalue weighted by Crippen LogP contribution is -2.48. The molecule has 0 atom stereocenters. The summed E-state index contributed by atoms with van der Waals surface area (Å²) in [5, 5.41) is 3.93. The Labute approximate surface area is 176 Å². The summed E-state index contributed by atoms with van der Waals surface area (Å²) in [5.41, 5.74) is 2.22. The summed E-state index contributed by atoms with van der Waals surface area (Å²) in [6.07, 6.45) is 7.20. The predicted octanol–water partition coefficient (Wildman–Crippen LogP) is 5.08. The van der Waals surface area contributed by atoms with Crippen LogP contribution in [0.1, 0.15) is 44.2 Å². The fourth-order valence-corrected chi connectivity index (χ4v) is 5.20. The fraction of sp³-hybridized carbons (Fsp3) is 0.545. The maximum absolute atomic E-state index is 12.6. The number of nitrogens with zero attached hydrogens (tertiary/aromatic N) is 3. The maximum atomic E-state index is 12.6. The average Bonchev–Trinajstić information content (AvgIpc) is 3.18. The van der Waals surface area contributed by atoms with E-state index in [0.717, 1.165) is 60.4 Å². The number of aromatic nitrogens is 1. The van der Waals surface area contributed by atoms with Crippen LogP contribution in [0.15, 0.2) is 29.6 Å². The molecule has 1 amide bonds. The lowest BCUT2D eigenvalue weighted by molar-refractivity contribution is -0.134. The molecule has 0 bridgehead atoms. The molecule has 6 heteroatoms. The van der Waals surface area contributed by atoms with Crippen LogP contribution in [0, 0.1) is 5.92 Å². The maximum Gasteiger partial charge on any atom is 0.222 e. The van der Waals surface area contributed by atoms with Gasteiger partial charge < -0.3 is 4.90 Å². The molecule has 2 fully saturated rings. The summed E-state index contributed by atoms with van der Waals surface area (Å²) in [5.74, 6) is 0.991. The normalized spacial score (nSPS) is 19.1. The molecule has 1 aliphatic heterocycles. The highest BCUT2D eigenvalue weighted by Crippen LogP contribution is 2.28. The van der Waals surface area contributed by atoms with Crippen molar-refractivity contribution in [1.82, 2.24) is 14.8 Å². The van der Waals surface area contributed by atoms with Crippen LogP contribution in [0.5, 0.6) is 0 Å². The number of halogens is 1. The molecule has 1 aromatic heterocycles. The van der Waals surface area contributed by atoms with Crippen LogP contribution < -0.4 is 0 Å². The van der Waals surface area contributed by atoms with E-state index in [1.54, 1.807) is 11.3 Å². The summed E-state index contributed by atoms with van der Waals surface area (Å²) in [6, 6.07) is 7.84. The van der Waals surface area contributed by atoms with Crippen molar-refractivity contribution in [3.05, 3.63) is 40.4 Å². The number of thiazole rings is 1. The summed E-state index contributed by atoms with van der Waals surface area (Å²) < 4.78 is 0. The van der Waals surface area contributed by atoms with Crippen LogP contribution in [0.3, 0.4) is 0 Å². The molecule has 0 N–H and O–H groups in total. The molecule has 0 spiro atoms. The molecule has 4 nitrogen and oxygen atoms in total. The van der Waals surface area contributed by atoms with Crippen molar-refractivity contribution in [3.63, 3.8) is 0 Å². The Bertz CT molecular complexity index is 777. The molecule has 28 heavy (non-hydrogen) atoms. The quantitative estimate of drug-likeness (QED) is 0.680. The van der Waals surface area contributed by atoms with Crippen LogP contribution in [-0.2, 0) is 11.3 Å². The van der Waals surface area contributed by atoms with Crippen LogP contribution in [-0.4, -0.2) is 46.9 Å². The Morgan fingerprint density at radius 3 is 2.50 bits per heavy atom. The third-order valence-corrected chi connectivity index (χ3v) is 7.13. The van der Waals surface area contributed by atoms with Gasteiger partial charge in [0.15, 0.2) is 0 Å². The van der Waals surface area contributed by atoms with Crippen molar-refractivity contribution in [1.29, 1.82) is 0 Å². The van der Waals surface area contributed by atoms with Gasteiger partial charge in [0.25, 0.3) is 0 Å². The molecular formula is C22H28ClN3OS. The Balaban J connectivity index is 1.25. The minimum absolute atomic E-state index is 0.366. The first kappa shape index (κ1) is 19.9. The largest absolute Gasteiger partial charge is 0.340 e. The highest BCUT2D eigenvalue weighted by molar-refractivity contribution is 7.13. The topological polar surface area (TPSA) is 36.4 Å². The molecule has 2 aliphatic rings. The molecule has 1 aromatic carbocycles. The van der Waals surface area contributed by atoms with Gasteiger partial charge in [0.1, 0.15) is 5.01 Å². The Morgan fingerprint density at radius 2 is 1.79 bits per heavy atom. The zero-order valence-corrected chi connectivity index (χ0v) is 17.9. The molecule has 150 valence electrons. The first-order valence-electron chi connectivity index (χ1n) is 10.4. The number of carbonyl (C=O) groups excluding carboxylic acids is 1. The molecule has 0 unspecified atom stereocenters. The van der Waals surface area contributed by atoms with Gasteiger partial charge in [0.05, 0.1) is 5.69 Å². The lowest BCUT2D eigenvalue weighted by Gasteiger charge is -2.35. The minimum Gasteiger partial charge on any atom is -0.340 e. The fourth-order valence-electron chi connectivity index (χ4n) is 4.26. The van der Waals surface area contributed by atoms with Gasteiger partial charge in [-0.15, -0.1) is 11.3 Å². The number of hydrogen-bond acceptors (Lipinski definition) is 4. The van der Waals surface area contributed by atoms with Crippen LogP contribution in [0.25, 0.3) is 10.6 Å². The number of piperazine rings is 1. The van der Waals surface area contributed by atoms with E-state index in [-0.39, 0.29) is 0 Å². The average molecular weight is 418 g/mol. The second-order valence-electron chi connectivity index (χ2n) is 8.02. The predicted molar refractivity (Wildman–Crippen MR) is 116 cm³/mol. The zero-order valence-electron chi connectivity index (χ0n) is 16.3. The van der Waals surface area contributed by atoms with E-state index < -0.39 is 0 Å². The molecule has 2 heterocycles. The molecule has 2 aromatic rings. The summed E-state index contributed by atoms with van der Waals surface area (Å²) in [6.45, 7) is 4.42. The van der Waals surface area contributed by atoms with E-state index in [1.165, 1.54) is 32.1 Å². The summed E-state index contributed by atoms with van der Waals surface area (Å²) in [4.78, 5) is 21.9. The van der Waals surface area contributed by atoms with Gasteiger partial charge in [-0.2, -0.15) is 0 Å². The van der Waals surface area contributed by atoms with Gasteiger partial charge in [0.2, 0.25) is 5.91 Å². The first-order chi connectivity index (χ1) is 13.7.